The zero-order valence-electron chi connectivity index (χ0n) is 12.9. The van der Waals surface area contributed by atoms with Crippen molar-refractivity contribution in [2.24, 2.45) is 0 Å². The molecule has 2 rings (SSSR count). The highest BCUT2D eigenvalue weighted by molar-refractivity contribution is 14.1. The summed E-state index contributed by atoms with van der Waals surface area (Å²) in [7, 11) is 0. The Kier molecular flexibility index (Phi) is 5.22. The molecular weight excluding hydrogens is 375 g/mol. The van der Waals surface area contributed by atoms with E-state index in [1.54, 1.807) is 0 Å². The minimum Gasteiger partial charge on any atom is -0.439 e. The first-order valence-corrected chi connectivity index (χ1v) is 8.05. The van der Waals surface area contributed by atoms with Gasteiger partial charge in [-0.15, -0.1) is 0 Å². The lowest BCUT2D eigenvalue weighted by atomic mass is 10.1. The molecule has 0 saturated carbocycles. The van der Waals surface area contributed by atoms with Crippen LogP contribution in [0.5, 0.6) is 11.6 Å². The number of ether oxygens (including phenoxy) is 1. The lowest BCUT2D eigenvalue weighted by Crippen LogP contribution is -2.35. The van der Waals surface area contributed by atoms with Crippen LogP contribution in [-0.4, -0.2) is 10.5 Å². The van der Waals surface area contributed by atoms with E-state index >= 15 is 0 Å². The van der Waals surface area contributed by atoms with Crippen molar-refractivity contribution in [2.75, 3.05) is 0 Å². The van der Waals surface area contributed by atoms with Crippen LogP contribution in [0.4, 0.5) is 0 Å². The van der Waals surface area contributed by atoms with Gasteiger partial charge in [-0.25, -0.2) is 4.98 Å². The lowest BCUT2D eigenvalue weighted by Gasteiger charge is -2.20. The van der Waals surface area contributed by atoms with Crippen LogP contribution in [0.3, 0.4) is 0 Å². The molecule has 0 aliphatic heterocycles. The maximum atomic E-state index is 5.85. The Bertz CT molecular complexity index is 620. The van der Waals surface area contributed by atoms with E-state index in [0.717, 1.165) is 27.0 Å². The number of hydrogen-bond donors (Lipinski definition) is 1. The highest BCUT2D eigenvalue weighted by Crippen LogP contribution is 2.24. The molecule has 3 nitrogen and oxygen atoms in total. The van der Waals surface area contributed by atoms with Crippen LogP contribution in [0, 0.1) is 10.5 Å². The summed E-state index contributed by atoms with van der Waals surface area (Å²) in [6, 6.07) is 10.1. The molecule has 0 spiro atoms. The van der Waals surface area contributed by atoms with Gasteiger partial charge in [-0.3, -0.25) is 0 Å². The Morgan fingerprint density at radius 2 is 2.00 bits per heavy atom. The number of hydrogen-bond acceptors (Lipinski definition) is 3. The average Bonchev–Trinajstić information content (AvgIpc) is 2.38. The maximum Gasteiger partial charge on any atom is 0.222 e. The van der Waals surface area contributed by atoms with Crippen molar-refractivity contribution >= 4 is 22.6 Å². The second-order valence-electron chi connectivity index (χ2n) is 6.13. The first-order valence-electron chi connectivity index (χ1n) is 6.97. The number of aryl methyl sites for hydroxylation is 1. The molecule has 0 bridgehead atoms. The van der Waals surface area contributed by atoms with E-state index in [1.807, 2.05) is 37.4 Å². The Hall–Kier alpha value is -1.14. The molecule has 21 heavy (non-hydrogen) atoms. The molecule has 0 radical (unpaired) electrons. The summed E-state index contributed by atoms with van der Waals surface area (Å²) >= 11 is 2.27. The summed E-state index contributed by atoms with van der Waals surface area (Å²) < 4.78 is 7.00. The van der Waals surface area contributed by atoms with Gasteiger partial charge in [0.25, 0.3) is 0 Å². The minimum absolute atomic E-state index is 0.101. The number of pyridine rings is 1. The van der Waals surface area contributed by atoms with E-state index in [0.29, 0.717) is 5.88 Å². The van der Waals surface area contributed by atoms with Gasteiger partial charge in [-0.1, -0.05) is 6.07 Å². The number of aromatic nitrogens is 1. The first kappa shape index (κ1) is 16.2. The summed E-state index contributed by atoms with van der Waals surface area (Å²) in [6.45, 7) is 9.29. The average molecular weight is 396 g/mol. The smallest absolute Gasteiger partial charge is 0.222 e. The zero-order chi connectivity index (χ0) is 15.5. The second kappa shape index (κ2) is 6.75. The monoisotopic (exact) mass is 396 g/mol. The van der Waals surface area contributed by atoms with E-state index < -0.39 is 0 Å². The standard InChI is InChI=1S/C17H21IN2O/c1-12-8-13(11-20-17(2,3)4)10-19-16(12)21-15-7-5-6-14(18)9-15/h5-10,20H,11H2,1-4H3. The molecule has 0 fully saturated rings. The zero-order valence-corrected chi connectivity index (χ0v) is 15.1. The fourth-order valence-electron chi connectivity index (χ4n) is 1.83. The van der Waals surface area contributed by atoms with Crippen LogP contribution < -0.4 is 10.1 Å². The van der Waals surface area contributed by atoms with Crippen molar-refractivity contribution in [1.29, 1.82) is 0 Å². The predicted molar refractivity (Wildman–Crippen MR) is 94.8 cm³/mol. The quantitative estimate of drug-likeness (QED) is 0.763. The van der Waals surface area contributed by atoms with E-state index in [-0.39, 0.29) is 5.54 Å². The normalized spacial score (nSPS) is 11.5. The Labute approximate surface area is 140 Å². The summed E-state index contributed by atoms with van der Waals surface area (Å²) in [5.74, 6) is 1.48. The molecular formula is C17H21IN2O. The molecule has 0 amide bonds. The Morgan fingerprint density at radius 1 is 1.24 bits per heavy atom. The van der Waals surface area contributed by atoms with Crippen molar-refractivity contribution in [1.82, 2.24) is 10.3 Å². The molecule has 1 aromatic heterocycles. The van der Waals surface area contributed by atoms with Gasteiger partial charge in [0.05, 0.1) is 0 Å². The first-order chi connectivity index (χ1) is 9.83. The van der Waals surface area contributed by atoms with Gasteiger partial charge < -0.3 is 10.1 Å². The molecule has 0 aliphatic carbocycles. The predicted octanol–water partition coefficient (Wildman–Crippen LogP) is 4.68. The molecule has 0 atom stereocenters. The van der Waals surface area contributed by atoms with Gasteiger partial charge in [0.15, 0.2) is 0 Å². The van der Waals surface area contributed by atoms with Crippen molar-refractivity contribution in [3.8, 4) is 11.6 Å². The topological polar surface area (TPSA) is 34.2 Å². The number of nitrogens with zero attached hydrogens (tertiary/aromatic N) is 1. The third kappa shape index (κ3) is 5.28. The van der Waals surface area contributed by atoms with Crippen LogP contribution in [0.1, 0.15) is 31.9 Å². The summed E-state index contributed by atoms with van der Waals surface area (Å²) in [4.78, 5) is 4.44. The fraction of sp³-hybridized carbons (Fsp3) is 0.353. The summed E-state index contributed by atoms with van der Waals surface area (Å²) in [5, 5.41) is 3.46. The summed E-state index contributed by atoms with van der Waals surface area (Å²) in [6.07, 6.45) is 1.87. The second-order valence-corrected chi connectivity index (χ2v) is 7.37. The molecule has 112 valence electrons. The van der Waals surface area contributed by atoms with Gasteiger partial charge in [0.2, 0.25) is 5.88 Å². The Balaban J connectivity index is 2.09. The van der Waals surface area contributed by atoms with Crippen molar-refractivity contribution in [3.05, 3.63) is 51.2 Å². The van der Waals surface area contributed by atoms with Crippen LogP contribution in [-0.2, 0) is 6.54 Å². The van der Waals surface area contributed by atoms with E-state index in [1.165, 1.54) is 0 Å². The van der Waals surface area contributed by atoms with Gasteiger partial charge >= 0.3 is 0 Å². The summed E-state index contributed by atoms with van der Waals surface area (Å²) in [5.41, 5.74) is 2.31. The van der Waals surface area contributed by atoms with Gasteiger partial charge in [0, 0.05) is 27.4 Å². The molecule has 4 heteroatoms. The number of benzene rings is 1. The van der Waals surface area contributed by atoms with Crippen molar-refractivity contribution in [2.45, 2.75) is 39.8 Å². The van der Waals surface area contributed by atoms with Crippen molar-refractivity contribution in [3.63, 3.8) is 0 Å². The number of rotatable bonds is 4. The van der Waals surface area contributed by atoms with E-state index in [9.17, 15) is 0 Å². The number of halogens is 1. The van der Waals surface area contributed by atoms with Gasteiger partial charge in [0.1, 0.15) is 5.75 Å². The minimum atomic E-state index is 0.101. The SMILES string of the molecule is Cc1cc(CNC(C)(C)C)cnc1Oc1cccc(I)c1. The third-order valence-electron chi connectivity index (χ3n) is 2.92. The van der Waals surface area contributed by atoms with Gasteiger partial charge in [-0.2, -0.15) is 0 Å². The molecule has 1 N–H and O–H groups in total. The molecule has 2 aromatic rings. The number of nitrogens with one attached hydrogen (secondary N) is 1. The van der Waals surface area contributed by atoms with Crippen LogP contribution >= 0.6 is 22.6 Å². The van der Waals surface area contributed by atoms with Crippen molar-refractivity contribution < 1.29 is 4.74 Å². The largest absolute Gasteiger partial charge is 0.439 e. The van der Waals surface area contributed by atoms with Gasteiger partial charge in [-0.05, 0) is 80.1 Å². The van der Waals surface area contributed by atoms with E-state index in [2.05, 4.69) is 59.7 Å². The maximum absolute atomic E-state index is 5.85. The fourth-order valence-corrected chi connectivity index (χ4v) is 2.35. The highest BCUT2D eigenvalue weighted by atomic mass is 127. The van der Waals surface area contributed by atoms with Crippen LogP contribution in [0.15, 0.2) is 36.5 Å². The molecule has 1 aromatic carbocycles. The Morgan fingerprint density at radius 3 is 2.62 bits per heavy atom. The van der Waals surface area contributed by atoms with Crippen LogP contribution in [0.25, 0.3) is 0 Å². The highest BCUT2D eigenvalue weighted by Gasteiger charge is 2.10. The molecule has 1 heterocycles. The molecule has 0 saturated heterocycles. The van der Waals surface area contributed by atoms with E-state index in [4.69, 9.17) is 4.74 Å². The van der Waals surface area contributed by atoms with Crippen LogP contribution in [0.2, 0.25) is 0 Å². The lowest BCUT2D eigenvalue weighted by molar-refractivity contribution is 0.422. The molecule has 0 unspecified atom stereocenters. The third-order valence-corrected chi connectivity index (χ3v) is 3.59. The molecule has 0 aliphatic rings.